The van der Waals surface area contributed by atoms with Gasteiger partial charge in [-0.05, 0) is 18.6 Å². The minimum atomic E-state index is -0.0949. The van der Waals surface area contributed by atoms with Gasteiger partial charge in [0.25, 0.3) is 0 Å². The number of halogens is 1. The highest BCUT2D eigenvalue weighted by Crippen LogP contribution is 2.11. The third kappa shape index (κ3) is 2.87. The van der Waals surface area contributed by atoms with Gasteiger partial charge in [-0.1, -0.05) is 22.9 Å². The Bertz CT molecular complexity index is 284. The highest BCUT2D eigenvalue weighted by Gasteiger charge is 2.17. The summed E-state index contributed by atoms with van der Waals surface area (Å²) < 4.78 is 5.16. The van der Waals surface area contributed by atoms with Crippen molar-refractivity contribution in [1.29, 1.82) is 0 Å². The lowest BCUT2D eigenvalue weighted by Crippen LogP contribution is -2.32. The van der Waals surface area contributed by atoms with E-state index >= 15 is 0 Å². The first-order valence-corrected chi connectivity index (χ1v) is 5.48. The molecule has 1 atom stereocenters. The summed E-state index contributed by atoms with van der Waals surface area (Å²) in [6.07, 6.45) is 2.40. The Kier molecular flexibility index (Phi) is 4.20. The van der Waals surface area contributed by atoms with Crippen molar-refractivity contribution in [3.63, 3.8) is 0 Å². The highest BCUT2D eigenvalue weighted by molar-refractivity contribution is 9.10. The van der Waals surface area contributed by atoms with Crippen LogP contribution in [0.5, 0.6) is 0 Å². The van der Waals surface area contributed by atoms with Crippen LogP contribution in [0.25, 0.3) is 0 Å². The monoisotopic (exact) mass is 259 g/mol. The second kappa shape index (κ2) is 5.20. The highest BCUT2D eigenvalue weighted by atomic mass is 79.9. The Hall–Kier alpha value is -0.770. The first-order chi connectivity index (χ1) is 6.65. The average molecular weight is 260 g/mol. The van der Waals surface area contributed by atoms with Crippen LogP contribution in [0.1, 0.15) is 19.1 Å². The molecule has 0 saturated carbocycles. The van der Waals surface area contributed by atoms with E-state index in [0.29, 0.717) is 6.54 Å². The zero-order valence-electron chi connectivity index (χ0n) is 8.37. The van der Waals surface area contributed by atoms with Gasteiger partial charge in [-0.25, -0.2) is 0 Å². The molecule has 1 aromatic heterocycles. The summed E-state index contributed by atoms with van der Waals surface area (Å²) in [4.78, 5) is 13.2. The predicted molar refractivity (Wildman–Crippen MR) is 58.2 cm³/mol. The molecular formula is C10H14BrNO2. The third-order valence-corrected chi connectivity index (χ3v) is 3.01. The van der Waals surface area contributed by atoms with Crippen LogP contribution >= 0.6 is 15.9 Å². The zero-order valence-corrected chi connectivity index (χ0v) is 9.95. The summed E-state index contributed by atoms with van der Waals surface area (Å²) in [5.74, 6) is 0.889. The number of alkyl halides is 1. The average Bonchev–Trinajstić information content (AvgIpc) is 2.68. The van der Waals surface area contributed by atoms with Gasteiger partial charge in [0.1, 0.15) is 5.76 Å². The maximum atomic E-state index is 11.6. The number of amides is 1. The van der Waals surface area contributed by atoms with Crippen LogP contribution in [-0.4, -0.2) is 22.7 Å². The normalized spacial score (nSPS) is 12.5. The van der Waals surface area contributed by atoms with Crippen molar-refractivity contribution < 1.29 is 9.21 Å². The van der Waals surface area contributed by atoms with Crippen molar-refractivity contribution in [3.05, 3.63) is 24.2 Å². The largest absolute Gasteiger partial charge is 0.467 e. The summed E-state index contributed by atoms with van der Waals surface area (Å²) in [5.41, 5.74) is 0. The lowest BCUT2D eigenvalue weighted by Gasteiger charge is -2.18. The molecule has 14 heavy (non-hydrogen) atoms. The second-order valence-electron chi connectivity index (χ2n) is 3.15. The van der Waals surface area contributed by atoms with Gasteiger partial charge in [-0.15, -0.1) is 0 Å². The quantitative estimate of drug-likeness (QED) is 0.779. The number of hydrogen-bond donors (Lipinski definition) is 0. The Labute approximate surface area is 92.2 Å². The molecule has 0 fully saturated rings. The van der Waals surface area contributed by atoms with E-state index in [4.69, 9.17) is 4.42 Å². The van der Waals surface area contributed by atoms with Crippen LogP contribution < -0.4 is 0 Å². The van der Waals surface area contributed by atoms with Gasteiger partial charge in [0.2, 0.25) is 5.91 Å². The van der Waals surface area contributed by atoms with Crippen LogP contribution in [0, 0.1) is 0 Å². The van der Waals surface area contributed by atoms with Crippen molar-refractivity contribution >= 4 is 21.8 Å². The predicted octanol–water partition coefficient (Wildman–Crippen LogP) is 2.41. The Balaban J connectivity index is 2.50. The minimum Gasteiger partial charge on any atom is -0.467 e. The molecule has 4 heteroatoms. The maximum absolute atomic E-state index is 11.6. The van der Waals surface area contributed by atoms with E-state index < -0.39 is 0 Å². The van der Waals surface area contributed by atoms with Gasteiger partial charge in [0.15, 0.2) is 0 Å². The van der Waals surface area contributed by atoms with Crippen molar-refractivity contribution in [1.82, 2.24) is 4.90 Å². The summed E-state index contributed by atoms with van der Waals surface area (Å²) in [6.45, 7) is 2.49. The van der Waals surface area contributed by atoms with Crippen molar-refractivity contribution in [2.75, 3.05) is 7.05 Å². The summed E-state index contributed by atoms with van der Waals surface area (Å²) >= 11 is 3.33. The Morgan fingerprint density at radius 2 is 2.43 bits per heavy atom. The second-order valence-corrected chi connectivity index (χ2v) is 4.25. The molecule has 1 heterocycles. The first-order valence-electron chi connectivity index (χ1n) is 4.56. The van der Waals surface area contributed by atoms with E-state index in [1.165, 1.54) is 0 Å². The summed E-state index contributed by atoms with van der Waals surface area (Å²) in [5, 5.41) is 0. The van der Waals surface area contributed by atoms with Gasteiger partial charge in [-0.2, -0.15) is 0 Å². The van der Waals surface area contributed by atoms with Crippen LogP contribution in [0.3, 0.4) is 0 Å². The van der Waals surface area contributed by atoms with Crippen molar-refractivity contribution in [3.8, 4) is 0 Å². The maximum Gasteiger partial charge on any atom is 0.236 e. The van der Waals surface area contributed by atoms with E-state index in [9.17, 15) is 4.79 Å². The Morgan fingerprint density at radius 1 is 1.71 bits per heavy atom. The fraction of sp³-hybridized carbons (Fsp3) is 0.500. The fourth-order valence-electron chi connectivity index (χ4n) is 1.13. The van der Waals surface area contributed by atoms with Crippen LogP contribution in [-0.2, 0) is 11.3 Å². The minimum absolute atomic E-state index is 0.0869. The van der Waals surface area contributed by atoms with E-state index in [2.05, 4.69) is 15.9 Å². The molecule has 1 rings (SSSR count). The van der Waals surface area contributed by atoms with Crippen LogP contribution in [0.15, 0.2) is 22.8 Å². The molecule has 0 saturated heterocycles. The molecule has 1 unspecified atom stereocenters. The smallest absolute Gasteiger partial charge is 0.236 e. The zero-order chi connectivity index (χ0) is 10.6. The molecule has 0 bridgehead atoms. The molecule has 0 aromatic carbocycles. The molecule has 0 N–H and O–H groups in total. The van der Waals surface area contributed by atoms with E-state index in [1.54, 1.807) is 18.2 Å². The number of hydrogen-bond acceptors (Lipinski definition) is 2. The SMILES string of the molecule is CCC(Br)C(=O)N(C)Cc1ccco1. The molecule has 0 aliphatic carbocycles. The lowest BCUT2D eigenvalue weighted by molar-refractivity contribution is -0.129. The fourth-order valence-corrected chi connectivity index (χ4v) is 1.48. The van der Waals surface area contributed by atoms with Gasteiger partial charge < -0.3 is 9.32 Å². The molecule has 0 spiro atoms. The molecular weight excluding hydrogens is 246 g/mol. The Morgan fingerprint density at radius 3 is 2.93 bits per heavy atom. The summed E-state index contributed by atoms with van der Waals surface area (Å²) in [6, 6.07) is 3.68. The number of rotatable bonds is 4. The van der Waals surface area contributed by atoms with Gasteiger partial charge >= 0.3 is 0 Å². The van der Waals surface area contributed by atoms with E-state index in [-0.39, 0.29) is 10.7 Å². The molecule has 3 nitrogen and oxygen atoms in total. The van der Waals surface area contributed by atoms with E-state index in [1.807, 2.05) is 19.1 Å². The number of carbonyl (C=O) groups excluding carboxylic acids is 1. The van der Waals surface area contributed by atoms with Crippen LogP contribution in [0.2, 0.25) is 0 Å². The van der Waals surface area contributed by atoms with Gasteiger partial charge in [0.05, 0.1) is 17.6 Å². The van der Waals surface area contributed by atoms with E-state index in [0.717, 1.165) is 12.2 Å². The number of furan rings is 1. The van der Waals surface area contributed by atoms with Crippen molar-refractivity contribution in [2.45, 2.75) is 24.7 Å². The topological polar surface area (TPSA) is 33.5 Å². The van der Waals surface area contributed by atoms with Gasteiger partial charge in [-0.3, -0.25) is 4.79 Å². The third-order valence-electron chi connectivity index (χ3n) is 1.98. The number of carbonyl (C=O) groups is 1. The summed E-state index contributed by atoms with van der Waals surface area (Å²) in [7, 11) is 1.77. The molecule has 0 aliphatic rings. The van der Waals surface area contributed by atoms with Crippen molar-refractivity contribution in [2.24, 2.45) is 0 Å². The first kappa shape index (κ1) is 11.3. The standard InChI is InChI=1S/C10H14BrNO2/c1-3-9(11)10(13)12(2)7-8-5-4-6-14-8/h4-6,9H,3,7H2,1-2H3. The van der Waals surface area contributed by atoms with Gasteiger partial charge in [0, 0.05) is 7.05 Å². The number of nitrogens with zero attached hydrogens (tertiary/aromatic N) is 1. The molecule has 0 radical (unpaired) electrons. The molecule has 0 aliphatic heterocycles. The lowest BCUT2D eigenvalue weighted by atomic mass is 10.3. The molecule has 78 valence electrons. The van der Waals surface area contributed by atoms with Crippen LogP contribution in [0.4, 0.5) is 0 Å². The molecule has 1 aromatic rings. The molecule has 1 amide bonds.